The van der Waals surface area contributed by atoms with Gasteiger partial charge in [0, 0.05) is 23.6 Å². The maximum atomic E-state index is 12.1. The highest BCUT2D eigenvalue weighted by Gasteiger charge is 2.44. The molecule has 3 heterocycles. The lowest BCUT2D eigenvalue weighted by Gasteiger charge is -2.37. The number of hydrogen-bond donors (Lipinski definition) is 0. The summed E-state index contributed by atoms with van der Waals surface area (Å²) in [6.45, 7) is 2.22. The van der Waals surface area contributed by atoms with Crippen molar-refractivity contribution in [2.24, 2.45) is 0 Å². The first-order valence-corrected chi connectivity index (χ1v) is 7.05. The van der Waals surface area contributed by atoms with E-state index < -0.39 is 10.8 Å². The van der Waals surface area contributed by atoms with E-state index in [1.165, 1.54) is 5.56 Å². The monoisotopic (exact) mass is 236 g/mol. The van der Waals surface area contributed by atoms with Gasteiger partial charge in [-0.1, -0.05) is 0 Å². The Balaban J connectivity index is 2.02. The molecule has 2 aliphatic heterocycles. The lowest BCUT2D eigenvalue weighted by atomic mass is 9.75. The zero-order valence-electron chi connectivity index (χ0n) is 9.48. The zero-order chi connectivity index (χ0) is 11.2. The molecule has 1 spiro atoms. The molecule has 0 N–H and O–H groups in total. The fraction of sp³-hybridized carbons (Fsp3) is 0.583. The van der Waals surface area contributed by atoms with Gasteiger partial charge >= 0.3 is 0 Å². The van der Waals surface area contributed by atoms with Crippen LogP contribution in [0.5, 0.6) is 0 Å². The molecule has 0 radical (unpaired) electrons. The standard InChI is InChI=1S/C12H16N2OS/c1-14-6-3-12(4-7-14)9-16(15)11-8-13-5-2-10(11)12/h2,5,8H,3-4,6-7,9H2,1H3. The summed E-state index contributed by atoms with van der Waals surface area (Å²) in [7, 11) is 1.33. The van der Waals surface area contributed by atoms with E-state index in [0.29, 0.717) is 0 Å². The molecule has 1 aromatic heterocycles. The minimum absolute atomic E-state index is 0.176. The van der Waals surface area contributed by atoms with E-state index in [9.17, 15) is 4.21 Å². The molecule has 86 valence electrons. The quantitative estimate of drug-likeness (QED) is 0.678. The average Bonchev–Trinajstić information content (AvgIpc) is 2.58. The predicted molar refractivity (Wildman–Crippen MR) is 63.9 cm³/mol. The second-order valence-electron chi connectivity index (χ2n) is 4.95. The summed E-state index contributed by atoms with van der Waals surface area (Å²) in [6, 6.07) is 2.07. The highest BCUT2D eigenvalue weighted by atomic mass is 32.2. The van der Waals surface area contributed by atoms with E-state index >= 15 is 0 Å². The lowest BCUT2D eigenvalue weighted by molar-refractivity contribution is 0.203. The third-order valence-electron chi connectivity index (χ3n) is 3.95. The van der Waals surface area contributed by atoms with Crippen molar-refractivity contribution in [1.29, 1.82) is 0 Å². The molecule has 1 aromatic rings. The molecule has 4 heteroatoms. The first-order chi connectivity index (χ1) is 7.71. The van der Waals surface area contributed by atoms with E-state index in [1.807, 2.05) is 6.20 Å². The number of nitrogens with zero attached hydrogens (tertiary/aromatic N) is 2. The number of piperidine rings is 1. The van der Waals surface area contributed by atoms with Crippen LogP contribution < -0.4 is 0 Å². The Labute approximate surface area is 98.3 Å². The van der Waals surface area contributed by atoms with Gasteiger partial charge in [-0.3, -0.25) is 9.19 Å². The van der Waals surface area contributed by atoms with Gasteiger partial charge < -0.3 is 4.90 Å². The van der Waals surface area contributed by atoms with Gasteiger partial charge in [0.2, 0.25) is 0 Å². The van der Waals surface area contributed by atoms with Crippen LogP contribution in [0.4, 0.5) is 0 Å². The summed E-state index contributed by atoms with van der Waals surface area (Å²) in [6.07, 6.45) is 5.89. The fourth-order valence-electron chi connectivity index (χ4n) is 2.87. The van der Waals surface area contributed by atoms with Gasteiger partial charge in [0.15, 0.2) is 0 Å². The smallest absolute Gasteiger partial charge is 0.0609 e. The average molecular weight is 236 g/mol. The number of rotatable bonds is 0. The van der Waals surface area contributed by atoms with Gasteiger partial charge in [-0.15, -0.1) is 0 Å². The van der Waals surface area contributed by atoms with Crippen LogP contribution in [0.1, 0.15) is 18.4 Å². The van der Waals surface area contributed by atoms with E-state index in [1.54, 1.807) is 6.20 Å². The SMILES string of the molecule is CN1CCC2(CC1)CS(=O)c1cnccc12. The van der Waals surface area contributed by atoms with Crippen LogP contribution in [0.25, 0.3) is 0 Å². The molecule has 1 unspecified atom stereocenters. The minimum atomic E-state index is -0.827. The summed E-state index contributed by atoms with van der Waals surface area (Å²) in [5.41, 5.74) is 1.48. The third kappa shape index (κ3) is 1.44. The van der Waals surface area contributed by atoms with Crippen LogP contribution in [0.15, 0.2) is 23.4 Å². The maximum absolute atomic E-state index is 12.1. The van der Waals surface area contributed by atoms with E-state index in [2.05, 4.69) is 23.0 Å². The predicted octanol–water partition coefficient (Wildman–Crippen LogP) is 1.17. The van der Waals surface area contributed by atoms with E-state index in [-0.39, 0.29) is 5.41 Å². The summed E-state index contributed by atoms with van der Waals surface area (Å²) in [5, 5.41) is 0. The molecule has 1 fully saturated rings. The normalized spacial score (nSPS) is 28.2. The number of aromatic nitrogens is 1. The lowest BCUT2D eigenvalue weighted by Crippen LogP contribution is -2.41. The van der Waals surface area contributed by atoms with E-state index in [4.69, 9.17) is 0 Å². The molecule has 0 aromatic carbocycles. The maximum Gasteiger partial charge on any atom is 0.0609 e. The fourth-order valence-corrected chi connectivity index (χ4v) is 4.68. The van der Waals surface area contributed by atoms with Gasteiger partial charge in [-0.2, -0.15) is 0 Å². The molecule has 3 nitrogen and oxygen atoms in total. The minimum Gasteiger partial charge on any atom is -0.306 e. The molecular weight excluding hydrogens is 220 g/mol. The van der Waals surface area contributed by atoms with Crippen LogP contribution in [0, 0.1) is 0 Å². The van der Waals surface area contributed by atoms with Gasteiger partial charge in [-0.05, 0) is 44.6 Å². The van der Waals surface area contributed by atoms with E-state index in [0.717, 1.165) is 36.6 Å². The Bertz CT molecular complexity index is 438. The van der Waals surface area contributed by atoms with Crippen molar-refractivity contribution >= 4 is 10.8 Å². The molecule has 2 aliphatic rings. The second-order valence-corrected chi connectivity index (χ2v) is 6.36. The summed E-state index contributed by atoms with van der Waals surface area (Å²) >= 11 is 0. The highest BCUT2D eigenvalue weighted by molar-refractivity contribution is 7.85. The number of hydrogen-bond acceptors (Lipinski definition) is 3. The Kier molecular flexibility index (Phi) is 2.37. The molecule has 16 heavy (non-hydrogen) atoms. The molecule has 3 rings (SSSR count). The summed E-state index contributed by atoms with van der Waals surface area (Å²) in [5.74, 6) is 0.807. The van der Waals surface area contributed by atoms with Gasteiger partial charge in [-0.25, -0.2) is 0 Å². The van der Waals surface area contributed by atoms with Crippen molar-refractivity contribution in [3.63, 3.8) is 0 Å². The van der Waals surface area contributed by atoms with Crippen molar-refractivity contribution in [3.8, 4) is 0 Å². The summed E-state index contributed by atoms with van der Waals surface area (Å²) < 4.78 is 12.1. The van der Waals surface area contributed by atoms with Gasteiger partial charge in [0.1, 0.15) is 0 Å². The zero-order valence-corrected chi connectivity index (χ0v) is 10.3. The molecule has 0 saturated carbocycles. The topological polar surface area (TPSA) is 33.2 Å². The van der Waals surface area contributed by atoms with Crippen LogP contribution in [0.3, 0.4) is 0 Å². The number of likely N-dealkylation sites (tertiary alicyclic amines) is 1. The van der Waals surface area contributed by atoms with Crippen molar-refractivity contribution in [3.05, 3.63) is 24.0 Å². The molecule has 1 saturated heterocycles. The van der Waals surface area contributed by atoms with Crippen molar-refractivity contribution in [2.45, 2.75) is 23.2 Å². The van der Waals surface area contributed by atoms with Gasteiger partial charge in [0.25, 0.3) is 0 Å². The first kappa shape index (κ1) is 10.4. The third-order valence-corrected chi connectivity index (χ3v) is 5.58. The largest absolute Gasteiger partial charge is 0.306 e. The van der Waals surface area contributed by atoms with Gasteiger partial charge in [0.05, 0.1) is 15.7 Å². The molecule has 0 amide bonds. The van der Waals surface area contributed by atoms with Crippen molar-refractivity contribution in [1.82, 2.24) is 9.88 Å². The van der Waals surface area contributed by atoms with Crippen molar-refractivity contribution in [2.75, 3.05) is 25.9 Å². The van der Waals surface area contributed by atoms with Crippen molar-refractivity contribution < 1.29 is 4.21 Å². The van der Waals surface area contributed by atoms with Crippen LogP contribution >= 0.6 is 0 Å². The molecule has 0 aliphatic carbocycles. The second kappa shape index (κ2) is 3.64. The Morgan fingerprint density at radius 3 is 2.94 bits per heavy atom. The number of pyridine rings is 1. The first-order valence-electron chi connectivity index (χ1n) is 5.73. The molecule has 1 atom stereocenters. The van der Waals surface area contributed by atoms with Crippen LogP contribution in [-0.2, 0) is 16.2 Å². The Morgan fingerprint density at radius 1 is 1.44 bits per heavy atom. The summed E-state index contributed by atoms with van der Waals surface area (Å²) in [4.78, 5) is 7.43. The highest BCUT2D eigenvalue weighted by Crippen LogP contribution is 2.44. The number of fused-ring (bicyclic) bond motifs is 2. The Morgan fingerprint density at radius 2 is 2.19 bits per heavy atom. The van der Waals surface area contributed by atoms with Crippen LogP contribution in [-0.4, -0.2) is 40.0 Å². The molecular formula is C12H16N2OS. The molecule has 0 bridgehead atoms. The van der Waals surface area contributed by atoms with Crippen LogP contribution in [0.2, 0.25) is 0 Å². The Hall–Kier alpha value is -0.740.